The number of nitrogens with zero attached hydrogens (tertiary/aromatic N) is 2. The van der Waals surface area contributed by atoms with Crippen molar-refractivity contribution in [3.63, 3.8) is 0 Å². The van der Waals surface area contributed by atoms with Crippen molar-refractivity contribution in [1.29, 1.82) is 0 Å². The number of nitrogens with one attached hydrogen (secondary N) is 1. The molecule has 0 aromatic heterocycles. The zero-order chi connectivity index (χ0) is 13.5. The molecule has 5 heteroatoms. The average Bonchev–Trinajstić information content (AvgIpc) is 2.36. The van der Waals surface area contributed by atoms with Gasteiger partial charge in [-0.1, -0.05) is 12.1 Å². The Hall–Kier alpha value is -2.04. The molecule has 1 aromatic rings. The van der Waals surface area contributed by atoms with Crippen molar-refractivity contribution in [2.24, 2.45) is 10.7 Å². The summed E-state index contributed by atoms with van der Waals surface area (Å²) in [5, 5.41) is 2.93. The molecule has 0 aliphatic carbocycles. The number of amides is 1. The van der Waals surface area contributed by atoms with E-state index in [4.69, 9.17) is 5.73 Å². The third-order valence-corrected chi connectivity index (χ3v) is 2.40. The van der Waals surface area contributed by atoms with Gasteiger partial charge in [0, 0.05) is 26.2 Å². The summed E-state index contributed by atoms with van der Waals surface area (Å²) in [7, 11) is 3.47. The lowest BCUT2D eigenvalue weighted by Crippen LogP contribution is -2.31. The second-order valence-electron chi connectivity index (χ2n) is 4.13. The minimum absolute atomic E-state index is 0.00258. The highest BCUT2D eigenvalue weighted by Crippen LogP contribution is 2.07. The number of guanidine groups is 1. The van der Waals surface area contributed by atoms with Gasteiger partial charge in [-0.2, -0.15) is 0 Å². The number of carbonyl (C=O) groups excluding carboxylic acids is 1. The number of aliphatic imine (C=N–C) groups is 1. The third-order valence-electron chi connectivity index (χ3n) is 2.40. The Labute approximate surface area is 108 Å². The van der Waals surface area contributed by atoms with Gasteiger partial charge in [-0.15, -0.1) is 0 Å². The van der Waals surface area contributed by atoms with Crippen molar-refractivity contribution in [1.82, 2.24) is 10.2 Å². The molecule has 0 atom stereocenters. The van der Waals surface area contributed by atoms with Crippen molar-refractivity contribution >= 4 is 11.9 Å². The van der Waals surface area contributed by atoms with Crippen LogP contribution in [0.4, 0.5) is 0 Å². The number of carbonyl (C=O) groups is 1. The zero-order valence-corrected chi connectivity index (χ0v) is 11.1. The first-order valence-corrected chi connectivity index (χ1v) is 5.89. The summed E-state index contributed by atoms with van der Waals surface area (Å²) < 4.78 is 0. The lowest BCUT2D eigenvalue weighted by Gasteiger charge is -2.10. The molecule has 0 radical (unpaired) electrons. The molecule has 0 fully saturated rings. The molecule has 1 amide bonds. The second kappa shape index (κ2) is 6.64. The molecule has 3 N–H and O–H groups in total. The van der Waals surface area contributed by atoms with E-state index in [1.165, 1.54) is 0 Å². The van der Waals surface area contributed by atoms with E-state index in [0.717, 1.165) is 12.1 Å². The summed E-state index contributed by atoms with van der Waals surface area (Å²) >= 11 is 0. The van der Waals surface area contributed by atoms with Crippen LogP contribution in [0.15, 0.2) is 29.3 Å². The van der Waals surface area contributed by atoms with Crippen molar-refractivity contribution < 1.29 is 4.79 Å². The van der Waals surface area contributed by atoms with E-state index in [1.54, 1.807) is 31.1 Å². The first-order valence-electron chi connectivity index (χ1n) is 5.89. The first kappa shape index (κ1) is 14.0. The van der Waals surface area contributed by atoms with Crippen LogP contribution < -0.4 is 11.1 Å². The predicted molar refractivity (Wildman–Crippen MR) is 73.5 cm³/mol. The maximum absolute atomic E-state index is 11.7. The lowest BCUT2D eigenvalue weighted by molar-refractivity contribution is 0.0827. The van der Waals surface area contributed by atoms with E-state index in [0.29, 0.717) is 18.1 Å². The predicted octanol–water partition coefficient (Wildman–Crippen LogP) is 0.813. The molecule has 0 aliphatic heterocycles. The molecule has 0 spiro atoms. The Bertz CT molecular complexity index is 423. The molecule has 0 unspecified atom stereocenters. The van der Waals surface area contributed by atoms with E-state index in [-0.39, 0.29) is 5.91 Å². The molecule has 5 nitrogen and oxygen atoms in total. The molecular weight excluding hydrogens is 228 g/mol. The third kappa shape index (κ3) is 4.08. The lowest BCUT2D eigenvalue weighted by atomic mass is 10.1. The van der Waals surface area contributed by atoms with Crippen LogP contribution >= 0.6 is 0 Å². The monoisotopic (exact) mass is 248 g/mol. The molecule has 0 aliphatic rings. The van der Waals surface area contributed by atoms with Gasteiger partial charge in [0.25, 0.3) is 5.91 Å². The van der Waals surface area contributed by atoms with Crippen LogP contribution in [0.3, 0.4) is 0 Å². The minimum atomic E-state index is -0.00258. The fraction of sp³-hybridized carbons (Fsp3) is 0.385. The van der Waals surface area contributed by atoms with E-state index in [9.17, 15) is 4.79 Å². The summed E-state index contributed by atoms with van der Waals surface area (Å²) in [6.07, 6.45) is 0. The largest absolute Gasteiger partial charge is 0.370 e. The molecule has 98 valence electrons. The smallest absolute Gasteiger partial charge is 0.253 e. The molecule has 0 saturated carbocycles. The summed E-state index contributed by atoms with van der Waals surface area (Å²) in [6, 6.07) is 7.38. The van der Waals surface area contributed by atoms with Crippen molar-refractivity contribution in [3.05, 3.63) is 35.4 Å². The van der Waals surface area contributed by atoms with Crippen LogP contribution in [0.25, 0.3) is 0 Å². The van der Waals surface area contributed by atoms with E-state index in [2.05, 4.69) is 10.3 Å². The fourth-order valence-electron chi connectivity index (χ4n) is 1.42. The van der Waals surface area contributed by atoms with Crippen LogP contribution in [-0.2, 0) is 6.54 Å². The summed E-state index contributed by atoms with van der Waals surface area (Å²) in [6.45, 7) is 3.23. The Kier molecular flexibility index (Phi) is 5.17. The number of hydrogen-bond donors (Lipinski definition) is 2. The van der Waals surface area contributed by atoms with Gasteiger partial charge in [0.1, 0.15) is 0 Å². The normalized spacial score (nSPS) is 11.2. The first-order chi connectivity index (χ1) is 8.54. The quantitative estimate of drug-likeness (QED) is 0.612. The summed E-state index contributed by atoms with van der Waals surface area (Å²) in [5.74, 6) is 0.433. The van der Waals surface area contributed by atoms with Gasteiger partial charge in [0.2, 0.25) is 0 Å². The molecule has 0 heterocycles. The second-order valence-corrected chi connectivity index (χ2v) is 4.13. The maximum Gasteiger partial charge on any atom is 0.253 e. The van der Waals surface area contributed by atoms with Gasteiger partial charge in [0.05, 0.1) is 6.54 Å². The SMILES string of the molecule is CCNC(N)=NCc1ccc(C(=O)N(C)C)cc1. The summed E-state index contributed by atoms with van der Waals surface area (Å²) in [4.78, 5) is 17.4. The Morgan fingerprint density at radius 2 is 1.94 bits per heavy atom. The van der Waals surface area contributed by atoms with Crippen LogP contribution in [0.1, 0.15) is 22.8 Å². The average molecular weight is 248 g/mol. The number of nitrogens with two attached hydrogens (primary N) is 1. The molecule has 18 heavy (non-hydrogen) atoms. The molecule has 1 aromatic carbocycles. The Balaban J connectivity index is 2.66. The van der Waals surface area contributed by atoms with Crippen LogP contribution in [0, 0.1) is 0 Å². The topological polar surface area (TPSA) is 70.7 Å². The molecule has 1 rings (SSSR count). The zero-order valence-electron chi connectivity index (χ0n) is 11.1. The molecule has 0 saturated heterocycles. The Morgan fingerprint density at radius 1 is 1.33 bits per heavy atom. The van der Waals surface area contributed by atoms with E-state index in [1.807, 2.05) is 19.1 Å². The minimum Gasteiger partial charge on any atom is -0.370 e. The van der Waals surface area contributed by atoms with E-state index < -0.39 is 0 Å². The highest BCUT2D eigenvalue weighted by Gasteiger charge is 2.06. The van der Waals surface area contributed by atoms with Gasteiger partial charge >= 0.3 is 0 Å². The van der Waals surface area contributed by atoms with Gasteiger partial charge in [-0.3, -0.25) is 4.79 Å². The summed E-state index contributed by atoms with van der Waals surface area (Å²) in [5.41, 5.74) is 7.32. The van der Waals surface area contributed by atoms with Crippen molar-refractivity contribution in [2.45, 2.75) is 13.5 Å². The van der Waals surface area contributed by atoms with Crippen LogP contribution in [0.5, 0.6) is 0 Å². The number of rotatable bonds is 4. The van der Waals surface area contributed by atoms with Gasteiger partial charge in [-0.25, -0.2) is 4.99 Å². The maximum atomic E-state index is 11.7. The van der Waals surface area contributed by atoms with Crippen molar-refractivity contribution in [3.8, 4) is 0 Å². The van der Waals surface area contributed by atoms with E-state index >= 15 is 0 Å². The highest BCUT2D eigenvalue weighted by atomic mass is 16.2. The van der Waals surface area contributed by atoms with Gasteiger partial charge < -0.3 is 16.0 Å². The van der Waals surface area contributed by atoms with Gasteiger partial charge in [0.15, 0.2) is 5.96 Å². The standard InChI is InChI=1S/C13H20N4O/c1-4-15-13(14)16-9-10-5-7-11(8-6-10)12(18)17(2)3/h5-8H,4,9H2,1-3H3,(H3,14,15,16). The fourth-order valence-corrected chi connectivity index (χ4v) is 1.42. The van der Waals surface area contributed by atoms with Crippen LogP contribution in [-0.4, -0.2) is 37.4 Å². The van der Waals surface area contributed by atoms with Crippen LogP contribution in [0.2, 0.25) is 0 Å². The Morgan fingerprint density at radius 3 is 2.44 bits per heavy atom. The number of hydrogen-bond acceptors (Lipinski definition) is 2. The van der Waals surface area contributed by atoms with Crippen molar-refractivity contribution in [2.75, 3.05) is 20.6 Å². The van der Waals surface area contributed by atoms with Gasteiger partial charge in [-0.05, 0) is 24.6 Å². The number of benzene rings is 1. The highest BCUT2D eigenvalue weighted by molar-refractivity contribution is 5.93. The molecule has 0 bridgehead atoms. The molecular formula is C13H20N4O.